The summed E-state index contributed by atoms with van der Waals surface area (Å²) < 4.78 is 5.30. The second-order valence-corrected chi connectivity index (χ2v) is 6.92. The molecule has 1 heterocycles. The summed E-state index contributed by atoms with van der Waals surface area (Å²) in [5.41, 5.74) is 1.07. The number of carboxylic acid groups (broad SMARTS) is 1. The van der Waals surface area contributed by atoms with Gasteiger partial charge in [-0.05, 0) is 30.5 Å². The lowest BCUT2D eigenvalue weighted by Crippen LogP contribution is -2.24. The Labute approximate surface area is 146 Å². The molecule has 24 heavy (non-hydrogen) atoms. The highest BCUT2D eigenvalue weighted by Crippen LogP contribution is 2.35. The number of benzene rings is 1. The highest BCUT2D eigenvalue weighted by molar-refractivity contribution is 7.99. The van der Waals surface area contributed by atoms with Gasteiger partial charge in [0.25, 0.3) is 0 Å². The van der Waals surface area contributed by atoms with Crippen LogP contribution in [0.15, 0.2) is 59.2 Å². The number of hydrogen-bond donors (Lipinski definition) is 2. The molecule has 128 valence electrons. The molecule has 4 nitrogen and oxygen atoms in total. The van der Waals surface area contributed by atoms with Gasteiger partial charge in [-0.2, -0.15) is 0 Å². The molecular weight excluding hydrogens is 324 g/mol. The first-order valence-corrected chi connectivity index (χ1v) is 8.88. The normalized spacial score (nSPS) is 13.9. The maximum absolute atomic E-state index is 10.9. The van der Waals surface area contributed by atoms with Crippen LogP contribution in [0.1, 0.15) is 37.0 Å². The summed E-state index contributed by atoms with van der Waals surface area (Å²) in [5.74, 6) is 0.507. The van der Waals surface area contributed by atoms with Crippen molar-refractivity contribution in [2.45, 2.75) is 36.4 Å². The molecule has 1 aromatic carbocycles. The summed E-state index contributed by atoms with van der Waals surface area (Å²) in [4.78, 5) is 9.70. The Hall–Kier alpha value is -1.98. The van der Waals surface area contributed by atoms with E-state index in [4.69, 9.17) is 9.52 Å². The number of hydrogen-bond acceptors (Lipinski definition) is 4. The Balaban J connectivity index is 1.94. The molecule has 2 rings (SSSR count). The number of thioether (sulfide) groups is 1. The van der Waals surface area contributed by atoms with Crippen molar-refractivity contribution in [1.82, 2.24) is 0 Å². The fourth-order valence-electron chi connectivity index (χ4n) is 2.29. The Morgan fingerprint density at radius 3 is 2.67 bits per heavy atom. The van der Waals surface area contributed by atoms with Crippen LogP contribution in [0.3, 0.4) is 0 Å². The van der Waals surface area contributed by atoms with Crippen molar-refractivity contribution in [2.24, 2.45) is 0 Å². The molecule has 2 aromatic rings. The minimum absolute atomic E-state index is 0.0615. The third-order valence-corrected chi connectivity index (χ3v) is 4.90. The second-order valence-electron chi connectivity index (χ2n) is 5.58. The van der Waals surface area contributed by atoms with E-state index in [1.54, 1.807) is 6.26 Å². The van der Waals surface area contributed by atoms with Gasteiger partial charge in [-0.15, -0.1) is 11.8 Å². The third-order valence-electron chi connectivity index (χ3n) is 3.57. The van der Waals surface area contributed by atoms with Gasteiger partial charge in [0.1, 0.15) is 10.7 Å². The predicted octanol–water partition coefficient (Wildman–Crippen LogP) is 4.56. The van der Waals surface area contributed by atoms with Crippen LogP contribution in [0.25, 0.3) is 6.08 Å². The summed E-state index contributed by atoms with van der Waals surface area (Å²) in [7, 11) is 0. The van der Waals surface area contributed by atoms with Crippen molar-refractivity contribution in [3.8, 4) is 0 Å². The number of aliphatic hydroxyl groups is 1. The summed E-state index contributed by atoms with van der Waals surface area (Å²) in [6.07, 6.45) is 6.88. The Morgan fingerprint density at radius 2 is 2.00 bits per heavy atom. The van der Waals surface area contributed by atoms with Gasteiger partial charge in [0.2, 0.25) is 0 Å². The number of carboxylic acids is 1. The molecule has 0 aliphatic rings. The van der Waals surface area contributed by atoms with Crippen LogP contribution < -0.4 is 0 Å². The first-order chi connectivity index (χ1) is 11.6. The molecule has 1 atom stereocenters. The van der Waals surface area contributed by atoms with E-state index < -0.39 is 10.9 Å². The average molecular weight is 346 g/mol. The lowest BCUT2D eigenvalue weighted by atomic mass is 10.1. The van der Waals surface area contributed by atoms with Crippen molar-refractivity contribution >= 4 is 23.8 Å². The van der Waals surface area contributed by atoms with Crippen molar-refractivity contribution in [2.75, 3.05) is 0 Å². The average Bonchev–Trinajstić information content (AvgIpc) is 3.07. The van der Waals surface area contributed by atoms with Crippen LogP contribution in [-0.4, -0.2) is 21.1 Å². The van der Waals surface area contributed by atoms with Gasteiger partial charge in [0, 0.05) is 12.8 Å². The molecule has 0 spiro atoms. The van der Waals surface area contributed by atoms with Crippen LogP contribution in [0.5, 0.6) is 0 Å². The molecule has 0 fully saturated rings. The number of aliphatic carboxylic acids is 1. The molecule has 0 amide bonds. The lowest BCUT2D eigenvalue weighted by molar-refractivity contribution is -0.137. The molecule has 0 aliphatic carbocycles. The first-order valence-electron chi connectivity index (χ1n) is 7.89. The van der Waals surface area contributed by atoms with Gasteiger partial charge < -0.3 is 14.6 Å². The van der Waals surface area contributed by atoms with Crippen LogP contribution in [0.4, 0.5) is 0 Å². The molecule has 0 radical (unpaired) electrons. The van der Waals surface area contributed by atoms with Crippen LogP contribution in [0.2, 0.25) is 0 Å². The van der Waals surface area contributed by atoms with Crippen molar-refractivity contribution < 1.29 is 19.4 Å². The van der Waals surface area contributed by atoms with E-state index in [0.717, 1.165) is 11.3 Å². The van der Waals surface area contributed by atoms with E-state index in [9.17, 15) is 9.90 Å². The SMILES string of the molecule is O=C(O)CCC[C@@](O)(C/C=C/c1ccccc1)SCc1ccco1. The Kier molecular flexibility index (Phi) is 7.15. The predicted molar refractivity (Wildman–Crippen MR) is 96.5 cm³/mol. The monoisotopic (exact) mass is 346 g/mol. The molecule has 0 unspecified atom stereocenters. The molecular formula is C19H22O4S. The van der Waals surface area contributed by atoms with Gasteiger partial charge in [0.15, 0.2) is 0 Å². The molecule has 1 aromatic heterocycles. The maximum atomic E-state index is 10.9. The van der Waals surface area contributed by atoms with Crippen LogP contribution >= 0.6 is 11.8 Å². The quantitative estimate of drug-likeness (QED) is 0.617. The number of furan rings is 1. The molecule has 0 aliphatic heterocycles. The smallest absolute Gasteiger partial charge is 0.303 e. The summed E-state index contributed by atoms with van der Waals surface area (Å²) in [5, 5.41) is 19.7. The Bertz CT molecular complexity index is 637. The zero-order valence-electron chi connectivity index (χ0n) is 13.4. The fourth-order valence-corrected chi connectivity index (χ4v) is 3.37. The van der Waals surface area contributed by atoms with E-state index in [2.05, 4.69) is 0 Å². The van der Waals surface area contributed by atoms with Crippen molar-refractivity contribution in [3.63, 3.8) is 0 Å². The van der Waals surface area contributed by atoms with Crippen molar-refractivity contribution in [1.29, 1.82) is 0 Å². The summed E-state index contributed by atoms with van der Waals surface area (Å²) in [6.45, 7) is 0. The standard InChI is InChI=1S/C19H22O4S/c20-18(21)11-5-13-19(22,24-15-17-10-6-14-23-17)12-4-9-16-7-2-1-3-8-16/h1-4,6-10,14,22H,5,11-13,15H2,(H,20,21)/b9-4+/t19-/m1/s1. The fraction of sp³-hybridized carbons (Fsp3) is 0.316. The summed E-state index contributed by atoms with van der Waals surface area (Å²) in [6, 6.07) is 13.6. The minimum atomic E-state index is -1.01. The largest absolute Gasteiger partial charge is 0.481 e. The van der Waals surface area contributed by atoms with Gasteiger partial charge >= 0.3 is 5.97 Å². The molecule has 5 heteroatoms. The number of rotatable bonds is 10. The molecule has 2 N–H and O–H groups in total. The van der Waals surface area contributed by atoms with E-state index >= 15 is 0 Å². The van der Waals surface area contributed by atoms with Crippen molar-refractivity contribution in [3.05, 3.63) is 66.1 Å². The third kappa shape index (κ3) is 6.64. The number of carbonyl (C=O) groups is 1. The highest BCUT2D eigenvalue weighted by atomic mass is 32.2. The van der Waals surface area contributed by atoms with Gasteiger partial charge in [-0.1, -0.05) is 42.5 Å². The van der Waals surface area contributed by atoms with E-state index in [0.29, 0.717) is 25.0 Å². The second kappa shape index (κ2) is 9.35. The lowest BCUT2D eigenvalue weighted by Gasteiger charge is -2.26. The van der Waals surface area contributed by atoms with Crippen LogP contribution in [-0.2, 0) is 10.5 Å². The van der Waals surface area contributed by atoms with E-state index in [1.165, 1.54) is 11.8 Å². The zero-order chi connectivity index (χ0) is 17.3. The molecule has 0 bridgehead atoms. The van der Waals surface area contributed by atoms with Gasteiger partial charge in [0.05, 0.1) is 12.0 Å². The minimum Gasteiger partial charge on any atom is -0.481 e. The Morgan fingerprint density at radius 1 is 1.21 bits per heavy atom. The highest BCUT2D eigenvalue weighted by Gasteiger charge is 2.26. The topological polar surface area (TPSA) is 70.7 Å². The first kappa shape index (κ1) is 18.4. The molecule has 0 saturated heterocycles. The van der Waals surface area contributed by atoms with E-state index in [1.807, 2.05) is 54.6 Å². The zero-order valence-corrected chi connectivity index (χ0v) is 14.2. The van der Waals surface area contributed by atoms with Crippen LogP contribution in [0, 0.1) is 0 Å². The van der Waals surface area contributed by atoms with Gasteiger partial charge in [-0.25, -0.2) is 0 Å². The summed E-state index contributed by atoms with van der Waals surface area (Å²) >= 11 is 1.39. The molecule has 0 saturated carbocycles. The van der Waals surface area contributed by atoms with E-state index in [-0.39, 0.29) is 6.42 Å². The van der Waals surface area contributed by atoms with Gasteiger partial charge in [-0.3, -0.25) is 4.79 Å². The maximum Gasteiger partial charge on any atom is 0.303 e.